The summed E-state index contributed by atoms with van der Waals surface area (Å²) in [5.41, 5.74) is 8.86. The van der Waals surface area contributed by atoms with Crippen LogP contribution >= 0.6 is 12.2 Å². The minimum absolute atomic E-state index is 0.285. The summed E-state index contributed by atoms with van der Waals surface area (Å²) in [6, 6.07) is 9.18. The van der Waals surface area contributed by atoms with E-state index in [1.54, 1.807) is 0 Å². The number of nitrogens with two attached hydrogens (primary N) is 1. The Balaban J connectivity index is 1.91. The van der Waals surface area contributed by atoms with E-state index in [1.807, 2.05) is 0 Å². The number of nitrogens with zero attached hydrogens (tertiary/aromatic N) is 1. The number of fused-ring (bicyclic) bond motifs is 1. The molecule has 2 N–H and O–H groups in total. The number of rotatable bonds is 1. The second-order valence-electron chi connectivity index (χ2n) is 5.42. The Labute approximate surface area is 108 Å². The van der Waals surface area contributed by atoms with Crippen LogP contribution < -0.4 is 5.73 Å². The Bertz CT molecular complexity index is 467. The van der Waals surface area contributed by atoms with E-state index < -0.39 is 0 Å². The maximum absolute atomic E-state index is 6.22. The molecule has 90 valence electrons. The van der Waals surface area contributed by atoms with Gasteiger partial charge in [0, 0.05) is 6.54 Å². The molecular formula is C14H18N2S. The van der Waals surface area contributed by atoms with E-state index in [-0.39, 0.29) is 5.54 Å². The summed E-state index contributed by atoms with van der Waals surface area (Å²) in [4.78, 5) is 3.29. The lowest BCUT2D eigenvalue weighted by molar-refractivity contribution is 0.344. The van der Waals surface area contributed by atoms with E-state index >= 15 is 0 Å². The molecule has 17 heavy (non-hydrogen) atoms. The minimum Gasteiger partial charge on any atom is -0.357 e. The summed E-state index contributed by atoms with van der Waals surface area (Å²) >= 11 is 5.54. The number of aryl methyl sites for hydroxylation is 1. The molecule has 2 atom stereocenters. The van der Waals surface area contributed by atoms with Gasteiger partial charge in [-0.25, -0.2) is 0 Å². The van der Waals surface area contributed by atoms with Gasteiger partial charge in [0.25, 0.3) is 0 Å². The average molecular weight is 246 g/mol. The Morgan fingerprint density at radius 2 is 2.18 bits per heavy atom. The van der Waals surface area contributed by atoms with Gasteiger partial charge >= 0.3 is 0 Å². The highest BCUT2D eigenvalue weighted by Gasteiger charge is 2.40. The highest BCUT2D eigenvalue weighted by molar-refractivity contribution is 7.80. The molecule has 0 spiro atoms. The van der Waals surface area contributed by atoms with Crippen LogP contribution in [0.3, 0.4) is 0 Å². The van der Waals surface area contributed by atoms with E-state index in [1.165, 1.54) is 24.0 Å². The second-order valence-corrected chi connectivity index (χ2v) is 5.81. The van der Waals surface area contributed by atoms with Crippen molar-refractivity contribution < 1.29 is 0 Å². The van der Waals surface area contributed by atoms with Crippen LogP contribution in [0.2, 0.25) is 0 Å². The van der Waals surface area contributed by atoms with Crippen LogP contribution in [-0.2, 0) is 6.42 Å². The van der Waals surface area contributed by atoms with Crippen molar-refractivity contribution in [2.24, 2.45) is 5.73 Å². The third-order valence-corrected chi connectivity index (χ3v) is 4.80. The van der Waals surface area contributed by atoms with Crippen LogP contribution in [0.1, 0.15) is 36.9 Å². The molecule has 2 nitrogen and oxygen atoms in total. The first-order chi connectivity index (χ1) is 8.09. The van der Waals surface area contributed by atoms with E-state index in [0.29, 0.717) is 6.04 Å². The van der Waals surface area contributed by atoms with Gasteiger partial charge in [0.05, 0.1) is 16.6 Å². The minimum atomic E-state index is -0.285. The van der Waals surface area contributed by atoms with Gasteiger partial charge in [-0.1, -0.05) is 36.5 Å². The molecule has 1 saturated heterocycles. The van der Waals surface area contributed by atoms with Crippen LogP contribution in [0, 0.1) is 0 Å². The van der Waals surface area contributed by atoms with Crippen LogP contribution in [0.5, 0.6) is 0 Å². The molecule has 0 amide bonds. The van der Waals surface area contributed by atoms with Crippen LogP contribution in [0.4, 0.5) is 0 Å². The van der Waals surface area contributed by atoms with Crippen molar-refractivity contribution in [3.05, 3.63) is 35.4 Å². The fourth-order valence-corrected chi connectivity index (χ4v) is 3.37. The number of hydrogen-bond donors (Lipinski definition) is 1. The van der Waals surface area contributed by atoms with Gasteiger partial charge in [-0.2, -0.15) is 0 Å². The van der Waals surface area contributed by atoms with E-state index in [9.17, 15) is 0 Å². The molecule has 1 aromatic carbocycles. The molecule has 0 saturated carbocycles. The van der Waals surface area contributed by atoms with Gasteiger partial charge in [-0.15, -0.1) is 0 Å². The SMILES string of the molecule is C[C@]1(N)CCN([C@@H]2CCc3ccccc32)C1=S. The van der Waals surface area contributed by atoms with Crippen molar-refractivity contribution in [1.82, 2.24) is 4.90 Å². The average Bonchev–Trinajstić information content (AvgIpc) is 2.83. The number of thiocarbonyl (C=S) groups is 1. The molecule has 3 heteroatoms. The Morgan fingerprint density at radius 3 is 2.88 bits per heavy atom. The highest BCUT2D eigenvalue weighted by Crippen LogP contribution is 2.39. The Hall–Kier alpha value is -0.930. The molecule has 1 heterocycles. The van der Waals surface area contributed by atoms with E-state index in [4.69, 9.17) is 18.0 Å². The van der Waals surface area contributed by atoms with Gasteiger partial charge in [-0.3, -0.25) is 0 Å². The zero-order valence-corrected chi connectivity index (χ0v) is 11.0. The summed E-state index contributed by atoms with van der Waals surface area (Å²) in [6.45, 7) is 3.06. The fraction of sp³-hybridized carbons (Fsp3) is 0.500. The van der Waals surface area contributed by atoms with Crippen molar-refractivity contribution in [1.29, 1.82) is 0 Å². The van der Waals surface area contributed by atoms with Crippen LogP contribution in [0.15, 0.2) is 24.3 Å². The summed E-state index contributed by atoms with van der Waals surface area (Å²) in [6.07, 6.45) is 3.32. The van der Waals surface area contributed by atoms with Crippen LogP contribution in [-0.4, -0.2) is 22.0 Å². The summed E-state index contributed by atoms with van der Waals surface area (Å²) in [7, 11) is 0. The van der Waals surface area contributed by atoms with E-state index in [2.05, 4.69) is 36.1 Å². The standard InChI is InChI=1S/C14H18N2S/c1-14(15)8-9-16(13(14)17)12-7-6-10-4-2-3-5-11(10)12/h2-5,12H,6-9,15H2,1H3/t12-,14+/m1/s1. The molecule has 2 aliphatic rings. The predicted octanol–water partition coefficient (Wildman–Crippen LogP) is 2.42. The molecule has 0 bridgehead atoms. The largest absolute Gasteiger partial charge is 0.357 e. The van der Waals surface area contributed by atoms with Gasteiger partial charge in [-0.05, 0) is 37.3 Å². The lowest BCUT2D eigenvalue weighted by Crippen LogP contribution is -2.44. The quantitative estimate of drug-likeness (QED) is 0.772. The zero-order valence-electron chi connectivity index (χ0n) is 10.1. The zero-order chi connectivity index (χ0) is 12.0. The molecule has 1 aliphatic carbocycles. The van der Waals surface area contributed by atoms with Gasteiger partial charge in [0.1, 0.15) is 0 Å². The number of benzene rings is 1. The summed E-state index contributed by atoms with van der Waals surface area (Å²) < 4.78 is 0. The van der Waals surface area contributed by atoms with Gasteiger partial charge in [0.15, 0.2) is 0 Å². The third-order valence-electron chi connectivity index (χ3n) is 4.10. The third kappa shape index (κ3) is 1.69. The normalized spacial score (nSPS) is 32.0. The number of hydrogen-bond acceptors (Lipinski definition) is 2. The van der Waals surface area contributed by atoms with Crippen molar-refractivity contribution in [3.63, 3.8) is 0 Å². The first-order valence-corrected chi connectivity index (χ1v) is 6.68. The molecule has 1 aromatic rings. The first-order valence-electron chi connectivity index (χ1n) is 6.27. The first kappa shape index (κ1) is 11.2. The van der Waals surface area contributed by atoms with Gasteiger partial charge < -0.3 is 10.6 Å². The maximum Gasteiger partial charge on any atom is 0.0984 e. The highest BCUT2D eigenvalue weighted by atomic mass is 32.1. The lowest BCUT2D eigenvalue weighted by atomic mass is 10.0. The summed E-state index contributed by atoms with van der Waals surface area (Å²) in [5.74, 6) is 0. The molecule has 0 radical (unpaired) electrons. The Kier molecular flexibility index (Phi) is 2.49. The monoisotopic (exact) mass is 246 g/mol. The molecule has 3 rings (SSSR count). The molecule has 1 fully saturated rings. The molecule has 0 aromatic heterocycles. The maximum atomic E-state index is 6.22. The topological polar surface area (TPSA) is 29.3 Å². The fourth-order valence-electron chi connectivity index (χ4n) is 3.05. The summed E-state index contributed by atoms with van der Waals surface area (Å²) in [5, 5.41) is 0. The smallest absolute Gasteiger partial charge is 0.0984 e. The lowest BCUT2D eigenvalue weighted by Gasteiger charge is -2.29. The van der Waals surface area contributed by atoms with Crippen molar-refractivity contribution in [2.45, 2.75) is 37.8 Å². The molecular weight excluding hydrogens is 228 g/mol. The van der Waals surface area contributed by atoms with E-state index in [0.717, 1.165) is 18.0 Å². The Morgan fingerprint density at radius 1 is 1.41 bits per heavy atom. The predicted molar refractivity (Wildman–Crippen MR) is 74.0 cm³/mol. The molecule has 1 aliphatic heterocycles. The van der Waals surface area contributed by atoms with Gasteiger partial charge in [0.2, 0.25) is 0 Å². The molecule has 0 unspecified atom stereocenters. The van der Waals surface area contributed by atoms with Crippen LogP contribution in [0.25, 0.3) is 0 Å². The number of likely N-dealkylation sites (tertiary alicyclic amines) is 1. The van der Waals surface area contributed by atoms with Crippen molar-refractivity contribution >= 4 is 17.2 Å². The van der Waals surface area contributed by atoms with Crippen molar-refractivity contribution in [3.8, 4) is 0 Å². The second kappa shape index (κ2) is 3.79. The van der Waals surface area contributed by atoms with Crippen molar-refractivity contribution in [2.75, 3.05) is 6.54 Å².